The van der Waals surface area contributed by atoms with Crippen LogP contribution >= 0.6 is 0 Å². The lowest BCUT2D eigenvalue weighted by molar-refractivity contribution is -0.218. The number of aliphatic hydroxyl groups excluding tert-OH is 4. The summed E-state index contributed by atoms with van der Waals surface area (Å²) >= 11 is 0. The molecule has 1 saturated heterocycles. The van der Waals surface area contributed by atoms with E-state index in [1.807, 2.05) is 0 Å². The molecule has 34 heavy (non-hydrogen) atoms. The van der Waals surface area contributed by atoms with E-state index in [9.17, 15) is 20.4 Å². The van der Waals surface area contributed by atoms with Crippen LogP contribution in [0.1, 0.15) is 70.4 Å². The quantitative estimate of drug-likeness (QED) is 0.435. The molecule has 1 saturated carbocycles. The fourth-order valence-corrected chi connectivity index (χ4v) is 5.27. The number of aryl methyl sites for hydroxylation is 1. The Morgan fingerprint density at radius 2 is 1.62 bits per heavy atom. The molecule has 1 heterocycles. The lowest BCUT2D eigenvalue weighted by atomic mass is 9.83. The maximum atomic E-state index is 10.7. The van der Waals surface area contributed by atoms with E-state index < -0.39 is 37.1 Å². The van der Waals surface area contributed by atoms with E-state index >= 15 is 0 Å². The number of unbranched alkanes of at least 4 members (excludes halogenated alkanes) is 1. The Morgan fingerprint density at radius 1 is 0.971 bits per heavy atom. The average Bonchev–Trinajstić information content (AvgIpc) is 3.33. The lowest BCUT2D eigenvalue weighted by Gasteiger charge is -2.41. The van der Waals surface area contributed by atoms with Gasteiger partial charge in [0.15, 0.2) is 0 Å². The molecule has 0 amide bonds. The van der Waals surface area contributed by atoms with Crippen LogP contribution in [0.25, 0.3) is 0 Å². The standard InChI is InChI=1S/C29H42O5/c1-5-7-9-23(19(4)29-28(33)27(32)26(31)25(17-30)34-29)24-11-8-10-22(24)18(3)16-21-14-12-20(6-2)13-15-21/h12-15,25-33H,4-11,16-17H2,1-3H3/b22-18+,24-23-/t25-,26-,27+,28-,29+/m1/s1. The van der Waals surface area contributed by atoms with Crippen molar-refractivity contribution in [2.75, 3.05) is 6.61 Å². The van der Waals surface area contributed by atoms with E-state index in [4.69, 9.17) is 4.74 Å². The molecule has 1 aromatic rings. The molecular formula is C29H42O5. The van der Waals surface area contributed by atoms with E-state index in [1.54, 1.807) is 0 Å². The van der Waals surface area contributed by atoms with Crippen molar-refractivity contribution in [2.45, 2.75) is 103 Å². The number of hydrogen-bond donors (Lipinski definition) is 4. The minimum Gasteiger partial charge on any atom is -0.394 e. The molecule has 1 aliphatic heterocycles. The van der Waals surface area contributed by atoms with Gasteiger partial charge in [0, 0.05) is 0 Å². The zero-order chi connectivity index (χ0) is 24.8. The number of hydrogen-bond acceptors (Lipinski definition) is 5. The molecule has 2 aliphatic rings. The molecule has 0 spiro atoms. The first-order chi connectivity index (χ1) is 16.3. The largest absolute Gasteiger partial charge is 0.394 e. The average molecular weight is 471 g/mol. The van der Waals surface area contributed by atoms with Gasteiger partial charge in [-0.1, -0.05) is 56.7 Å². The van der Waals surface area contributed by atoms with Crippen molar-refractivity contribution < 1.29 is 25.2 Å². The Hall–Kier alpha value is -1.76. The van der Waals surface area contributed by atoms with Crippen molar-refractivity contribution in [3.05, 3.63) is 69.8 Å². The second-order valence-corrected chi connectivity index (χ2v) is 9.79. The minimum absolute atomic E-state index is 0.434. The summed E-state index contributed by atoms with van der Waals surface area (Å²) in [5.41, 5.74) is 8.41. The number of ether oxygens (including phenoxy) is 1. The van der Waals surface area contributed by atoms with Gasteiger partial charge in [0.1, 0.15) is 30.5 Å². The highest BCUT2D eigenvalue weighted by Crippen LogP contribution is 2.41. The second kappa shape index (κ2) is 12.3. The Labute approximate surface area is 204 Å². The fraction of sp³-hybridized carbons (Fsp3) is 0.586. The summed E-state index contributed by atoms with van der Waals surface area (Å²) in [6.07, 6.45) is 1.98. The highest BCUT2D eigenvalue weighted by molar-refractivity contribution is 5.50. The minimum atomic E-state index is -1.39. The highest BCUT2D eigenvalue weighted by Gasteiger charge is 2.45. The molecule has 2 fully saturated rings. The van der Waals surface area contributed by atoms with Crippen molar-refractivity contribution in [1.82, 2.24) is 0 Å². The summed E-state index contributed by atoms with van der Waals surface area (Å²) in [7, 11) is 0. The third-order valence-corrected chi connectivity index (χ3v) is 7.40. The summed E-state index contributed by atoms with van der Waals surface area (Å²) in [6.45, 7) is 10.4. The van der Waals surface area contributed by atoms with Gasteiger partial charge in [0.05, 0.1) is 6.61 Å². The van der Waals surface area contributed by atoms with Crippen molar-refractivity contribution in [3.63, 3.8) is 0 Å². The predicted octanol–water partition coefficient (Wildman–Crippen LogP) is 4.18. The van der Waals surface area contributed by atoms with Crippen molar-refractivity contribution in [1.29, 1.82) is 0 Å². The van der Waals surface area contributed by atoms with Gasteiger partial charge in [-0.15, -0.1) is 0 Å². The van der Waals surface area contributed by atoms with E-state index in [-0.39, 0.29) is 0 Å². The molecule has 0 radical (unpaired) electrons. The zero-order valence-corrected chi connectivity index (χ0v) is 21.0. The molecule has 4 N–H and O–H groups in total. The molecule has 1 aromatic carbocycles. The van der Waals surface area contributed by atoms with Gasteiger partial charge in [-0.25, -0.2) is 0 Å². The Morgan fingerprint density at radius 3 is 2.24 bits per heavy atom. The zero-order valence-electron chi connectivity index (χ0n) is 21.0. The number of benzene rings is 1. The van der Waals surface area contributed by atoms with Crippen LogP contribution < -0.4 is 0 Å². The molecule has 0 bridgehead atoms. The molecule has 0 aromatic heterocycles. The van der Waals surface area contributed by atoms with Gasteiger partial charge in [0.25, 0.3) is 0 Å². The van der Waals surface area contributed by atoms with Crippen molar-refractivity contribution in [2.24, 2.45) is 0 Å². The first-order valence-corrected chi connectivity index (χ1v) is 12.8. The Balaban J connectivity index is 1.94. The van der Waals surface area contributed by atoms with Crippen LogP contribution in [-0.2, 0) is 17.6 Å². The van der Waals surface area contributed by atoms with Gasteiger partial charge in [0.2, 0.25) is 0 Å². The smallest absolute Gasteiger partial charge is 0.113 e. The number of allylic oxidation sites excluding steroid dienone is 3. The highest BCUT2D eigenvalue weighted by atomic mass is 16.5. The molecule has 5 heteroatoms. The van der Waals surface area contributed by atoms with E-state index in [0.717, 1.165) is 56.9 Å². The lowest BCUT2D eigenvalue weighted by Crippen LogP contribution is -2.59. The molecule has 5 atom stereocenters. The third-order valence-electron chi connectivity index (χ3n) is 7.40. The Kier molecular flexibility index (Phi) is 9.69. The monoisotopic (exact) mass is 470 g/mol. The fourth-order valence-electron chi connectivity index (χ4n) is 5.27. The number of aliphatic hydroxyl groups is 4. The summed E-state index contributed by atoms with van der Waals surface area (Å²) < 4.78 is 5.87. The second-order valence-electron chi connectivity index (χ2n) is 9.79. The Bertz CT molecular complexity index is 896. The molecule has 5 nitrogen and oxygen atoms in total. The first-order valence-electron chi connectivity index (χ1n) is 12.8. The van der Waals surface area contributed by atoms with Crippen molar-refractivity contribution >= 4 is 0 Å². The molecule has 188 valence electrons. The van der Waals surface area contributed by atoms with Crippen LogP contribution in [0.5, 0.6) is 0 Å². The number of rotatable bonds is 9. The van der Waals surface area contributed by atoms with Crippen LogP contribution in [0.4, 0.5) is 0 Å². The SMILES string of the molecule is C=C(/C(CCCC)=C1/CCC/C1=C(/C)Cc1ccc(CC)cc1)[C@@H]1O[C@H](CO)[C@@H](O)[C@H](O)[C@H]1O. The maximum absolute atomic E-state index is 10.7. The van der Waals surface area contributed by atoms with Crippen LogP contribution in [0.2, 0.25) is 0 Å². The maximum Gasteiger partial charge on any atom is 0.113 e. The van der Waals surface area contributed by atoms with Crippen LogP contribution in [-0.4, -0.2) is 57.6 Å². The van der Waals surface area contributed by atoms with Gasteiger partial charge in [-0.2, -0.15) is 0 Å². The van der Waals surface area contributed by atoms with Gasteiger partial charge in [-0.05, 0) is 85.3 Å². The van der Waals surface area contributed by atoms with Crippen LogP contribution in [0.15, 0.2) is 58.7 Å². The predicted molar refractivity (Wildman–Crippen MR) is 136 cm³/mol. The molecular weight excluding hydrogens is 428 g/mol. The van der Waals surface area contributed by atoms with Gasteiger partial charge in [-0.3, -0.25) is 0 Å². The van der Waals surface area contributed by atoms with E-state index in [1.165, 1.54) is 27.8 Å². The molecule has 0 unspecified atom stereocenters. The summed E-state index contributed by atoms with van der Waals surface area (Å²) in [6, 6.07) is 8.83. The molecule has 1 aliphatic carbocycles. The van der Waals surface area contributed by atoms with Gasteiger partial charge < -0.3 is 25.2 Å². The summed E-state index contributed by atoms with van der Waals surface area (Å²) in [4.78, 5) is 0. The summed E-state index contributed by atoms with van der Waals surface area (Å²) in [5.74, 6) is 0. The van der Waals surface area contributed by atoms with Crippen LogP contribution in [0.3, 0.4) is 0 Å². The topological polar surface area (TPSA) is 90.2 Å². The third kappa shape index (κ3) is 5.89. The van der Waals surface area contributed by atoms with Gasteiger partial charge >= 0.3 is 0 Å². The van der Waals surface area contributed by atoms with E-state index in [0.29, 0.717) is 5.57 Å². The first kappa shape index (κ1) is 26.8. The van der Waals surface area contributed by atoms with Crippen LogP contribution in [0, 0.1) is 0 Å². The summed E-state index contributed by atoms with van der Waals surface area (Å²) in [5, 5.41) is 40.8. The van der Waals surface area contributed by atoms with Crippen molar-refractivity contribution in [3.8, 4) is 0 Å². The van der Waals surface area contributed by atoms with E-state index in [2.05, 4.69) is 51.6 Å². The normalized spacial score (nSPS) is 30.4. The molecule has 3 rings (SSSR count).